The number of hydrogen-bond acceptors (Lipinski definition) is 3. The van der Waals surface area contributed by atoms with Gasteiger partial charge in [-0.25, -0.2) is 0 Å². The summed E-state index contributed by atoms with van der Waals surface area (Å²) >= 11 is 0. The highest BCUT2D eigenvalue weighted by atomic mass is 16.5. The first-order chi connectivity index (χ1) is 10.7. The Labute approximate surface area is 130 Å². The van der Waals surface area contributed by atoms with Gasteiger partial charge in [0.25, 0.3) is 5.91 Å². The van der Waals surface area contributed by atoms with Crippen LogP contribution in [0.5, 0.6) is 0 Å². The monoisotopic (exact) mass is 296 g/mol. The molecule has 4 nitrogen and oxygen atoms in total. The highest BCUT2D eigenvalue weighted by Gasteiger charge is 2.34. The fraction of sp³-hybridized carbons (Fsp3) is 0.444. The molecule has 1 atom stereocenters. The summed E-state index contributed by atoms with van der Waals surface area (Å²) < 4.78 is 5.34. The molecule has 2 fully saturated rings. The van der Waals surface area contributed by atoms with Crippen LogP contribution in [0.15, 0.2) is 34.9 Å². The molecular formula is C18H20N2O2. The quantitative estimate of drug-likeness (QED) is 0.864. The van der Waals surface area contributed by atoms with Gasteiger partial charge in [-0.3, -0.25) is 4.79 Å². The van der Waals surface area contributed by atoms with Crippen molar-refractivity contribution < 1.29 is 9.32 Å². The van der Waals surface area contributed by atoms with E-state index in [4.69, 9.17) is 4.52 Å². The molecule has 0 bridgehead atoms. The average molecular weight is 296 g/mol. The molecule has 2 aromatic rings. The summed E-state index contributed by atoms with van der Waals surface area (Å²) in [6, 6.07) is 10.3. The number of aromatic nitrogens is 1. The summed E-state index contributed by atoms with van der Waals surface area (Å²) in [5.74, 6) is 1.36. The van der Waals surface area contributed by atoms with Crippen molar-refractivity contribution in [3.05, 3.63) is 52.9 Å². The van der Waals surface area contributed by atoms with Gasteiger partial charge in [-0.15, -0.1) is 0 Å². The van der Waals surface area contributed by atoms with Gasteiger partial charge in [-0.1, -0.05) is 29.4 Å². The number of likely N-dealkylation sites (tertiary alicyclic amines) is 1. The zero-order chi connectivity index (χ0) is 15.1. The number of rotatable bonds is 3. The molecule has 2 heterocycles. The van der Waals surface area contributed by atoms with Gasteiger partial charge >= 0.3 is 0 Å². The van der Waals surface area contributed by atoms with Crippen LogP contribution in [0.3, 0.4) is 0 Å². The first kappa shape index (κ1) is 13.6. The molecule has 0 N–H and O–H groups in total. The third kappa shape index (κ3) is 2.32. The number of amides is 1. The topological polar surface area (TPSA) is 46.3 Å². The minimum atomic E-state index is 0.00130. The van der Waals surface area contributed by atoms with Crippen LogP contribution in [-0.2, 0) is 0 Å². The van der Waals surface area contributed by atoms with Gasteiger partial charge in [0.15, 0.2) is 5.69 Å². The highest BCUT2D eigenvalue weighted by molar-refractivity contribution is 5.92. The van der Waals surface area contributed by atoms with Crippen LogP contribution in [-0.4, -0.2) is 22.5 Å². The lowest BCUT2D eigenvalue weighted by molar-refractivity contribution is 0.0724. The molecule has 0 radical (unpaired) electrons. The van der Waals surface area contributed by atoms with Crippen LogP contribution in [0.4, 0.5) is 0 Å². The van der Waals surface area contributed by atoms with E-state index in [9.17, 15) is 4.79 Å². The molecule has 1 unspecified atom stereocenters. The summed E-state index contributed by atoms with van der Waals surface area (Å²) in [6.07, 6.45) is 4.36. The van der Waals surface area contributed by atoms with Crippen LogP contribution in [0.2, 0.25) is 0 Å². The Balaban J connectivity index is 1.59. The molecule has 4 rings (SSSR count). The fourth-order valence-electron chi connectivity index (χ4n) is 3.39. The van der Waals surface area contributed by atoms with E-state index in [1.54, 1.807) is 0 Å². The molecule has 1 saturated carbocycles. The van der Waals surface area contributed by atoms with E-state index in [0.717, 1.165) is 38.0 Å². The largest absolute Gasteiger partial charge is 0.360 e. The van der Waals surface area contributed by atoms with Gasteiger partial charge in [-0.2, -0.15) is 0 Å². The second kappa shape index (κ2) is 5.27. The molecule has 1 aromatic carbocycles. The maximum Gasteiger partial charge on any atom is 0.276 e. The second-order valence-corrected chi connectivity index (χ2v) is 6.40. The number of carbonyl (C=O) groups is 1. The molecule has 4 heteroatoms. The van der Waals surface area contributed by atoms with Crippen LogP contribution < -0.4 is 0 Å². The van der Waals surface area contributed by atoms with Crippen LogP contribution in [0, 0.1) is 6.92 Å². The molecule has 0 spiro atoms. The Morgan fingerprint density at radius 3 is 2.86 bits per heavy atom. The minimum absolute atomic E-state index is 0.00130. The van der Waals surface area contributed by atoms with E-state index >= 15 is 0 Å². The van der Waals surface area contributed by atoms with Crippen LogP contribution in [0.1, 0.15) is 65.0 Å². The summed E-state index contributed by atoms with van der Waals surface area (Å²) in [6.45, 7) is 2.90. The molecule has 22 heavy (non-hydrogen) atoms. The Kier molecular flexibility index (Phi) is 3.25. The lowest BCUT2D eigenvalue weighted by Crippen LogP contribution is -2.31. The van der Waals surface area contributed by atoms with Gasteiger partial charge < -0.3 is 9.42 Å². The van der Waals surface area contributed by atoms with E-state index in [1.165, 1.54) is 11.1 Å². The van der Waals surface area contributed by atoms with Crippen molar-refractivity contribution in [2.45, 2.75) is 44.6 Å². The summed E-state index contributed by atoms with van der Waals surface area (Å²) in [4.78, 5) is 14.8. The normalized spacial score (nSPS) is 21.3. The summed E-state index contributed by atoms with van der Waals surface area (Å²) in [5, 5.41) is 4.01. The molecule has 1 saturated heterocycles. The molecule has 1 aliphatic heterocycles. The van der Waals surface area contributed by atoms with E-state index in [2.05, 4.69) is 24.2 Å². The first-order valence-corrected chi connectivity index (χ1v) is 8.07. The lowest BCUT2D eigenvalue weighted by Gasteiger charge is -2.25. The van der Waals surface area contributed by atoms with Gasteiger partial charge in [0.05, 0.1) is 6.04 Å². The lowest BCUT2D eigenvalue weighted by atomic mass is 9.99. The third-order valence-corrected chi connectivity index (χ3v) is 4.79. The zero-order valence-electron chi connectivity index (χ0n) is 12.8. The number of carbonyl (C=O) groups excluding carboxylic acids is 1. The predicted molar refractivity (Wildman–Crippen MR) is 82.7 cm³/mol. The zero-order valence-corrected chi connectivity index (χ0v) is 12.8. The first-order valence-electron chi connectivity index (χ1n) is 8.07. The Bertz CT molecular complexity index is 703. The number of nitrogens with zero attached hydrogens (tertiary/aromatic N) is 2. The standard InChI is InChI=1S/C18H20N2O2/c1-12-5-2-3-6-14(12)16-7-4-10-20(16)18(21)15-11-17(22-19-15)13-8-9-13/h2-3,5-6,11,13,16H,4,7-10H2,1H3. The molecule has 1 aliphatic carbocycles. The molecule has 114 valence electrons. The smallest absolute Gasteiger partial charge is 0.276 e. The second-order valence-electron chi connectivity index (χ2n) is 6.40. The molecule has 2 aliphatic rings. The van der Waals surface area contributed by atoms with Gasteiger partial charge in [0.1, 0.15) is 5.76 Å². The predicted octanol–water partition coefficient (Wildman–Crippen LogP) is 3.84. The fourth-order valence-corrected chi connectivity index (χ4v) is 3.39. The van der Waals surface area contributed by atoms with Crippen LogP contribution >= 0.6 is 0 Å². The van der Waals surface area contributed by atoms with Crippen molar-refractivity contribution in [1.82, 2.24) is 10.1 Å². The van der Waals surface area contributed by atoms with Gasteiger partial charge in [0.2, 0.25) is 0 Å². The van der Waals surface area contributed by atoms with E-state index in [-0.39, 0.29) is 11.9 Å². The molecular weight excluding hydrogens is 276 g/mol. The number of hydrogen-bond donors (Lipinski definition) is 0. The molecule has 1 aromatic heterocycles. The van der Waals surface area contributed by atoms with Gasteiger partial charge in [-0.05, 0) is 43.7 Å². The van der Waals surface area contributed by atoms with Gasteiger partial charge in [0, 0.05) is 18.5 Å². The van der Waals surface area contributed by atoms with Crippen molar-refractivity contribution >= 4 is 5.91 Å². The Morgan fingerprint density at radius 1 is 1.27 bits per heavy atom. The Hall–Kier alpha value is -2.10. The minimum Gasteiger partial charge on any atom is -0.360 e. The SMILES string of the molecule is Cc1ccccc1C1CCCN1C(=O)c1cc(C2CC2)on1. The highest BCUT2D eigenvalue weighted by Crippen LogP contribution is 2.41. The van der Waals surface area contributed by atoms with Crippen molar-refractivity contribution in [2.24, 2.45) is 0 Å². The molecule has 1 amide bonds. The van der Waals surface area contributed by atoms with Crippen molar-refractivity contribution in [2.75, 3.05) is 6.54 Å². The van der Waals surface area contributed by atoms with Crippen molar-refractivity contribution in [3.8, 4) is 0 Å². The third-order valence-electron chi connectivity index (χ3n) is 4.79. The summed E-state index contributed by atoms with van der Waals surface area (Å²) in [5.41, 5.74) is 2.95. The van der Waals surface area contributed by atoms with Crippen LogP contribution in [0.25, 0.3) is 0 Å². The maximum atomic E-state index is 12.8. The van der Waals surface area contributed by atoms with E-state index in [0.29, 0.717) is 11.6 Å². The van der Waals surface area contributed by atoms with Crippen molar-refractivity contribution in [1.29, 1.82) is 0 Å². The van der Waals surface area contributed by atoms with Crippen molar-refractivity contribution in [3.63, 3.8) is 0 Å². The number of aryl methyl sites for hydroxylation is 1. The average Bonchev–Trinajstić information content (AvgIpc) is 3.08. The number of benzene rings is 1. The van der Waals surface area contributed by atoms with E-state index < -0.39 is 0 Å². The van der Waals surface area contributed by atoms with E-state index in [1.807, 2.05) is 23.1 Å². The Morgan fingerprint density at radius 2 is 2.09 bits per heavy atom. The summed E-state index contributed by atoms with van der Waals surface area (Å²) in [7, 11) is 0. The maximum absolute atomic E-state index is 12.8.